The predicted molar refractivity (Wildman–Crippen MR) is 94.2 cm³/mol. The monoisotopic (exact) mass is 386 g/mol. The van der Waals surface area contributed by atoms with Crippen LogP contribution in [0.2, 0.25) is 0 Å². The van der Waals surface area contributed by atoms with Crippen molar-refractivity contribution in [3.05, 3.63) is 63.6 Å². The first-order chi connectivity index (χ1) is 11.5. The van der Waals surface area contributed by atoms with Gasteiger partial charge >= 0.3 is 0 Å². The summed E-state index contributed by atoms with van der Waals surface area (Å²) in [6.07, 6.45) is 1.44. The Kier molecular flexibility index (Phi) is 5.99. The highest BCUT2D eigenvalue weighted by Gasteiger charge is 2.12. The first kappa shape index (κ1) is 17.6. The highest BCUT2D eigenvalue weighted by molar-refractivity contribution is 9.10. The lowest BCUT2D eigenvalue weighted by Gasteiger charge is -2.07. The average Bonchev–Trinajstić information content (AvgIpc) is 2.61. The molecule has 0 aliphatic carbocycles. The van der Waals surface area contributed by atoms with Crippen molar-refractivity contribution in [2.45, 2.75) is 6.54 Å². The molecule has 0 fully saturated rings. The van der Waals surface area contributed by atoms with Crippen LogP contribution in [0.4, 0.5) is 0 Å². The third kappa shape index (κ3) is 4.37. The standard InChI is InChI=1S/C18H15BrN2O3/c1-24-16-9-13(8-15(19)17(16)22)7-14(10-20)18(23)21-11-12-5-3-2-4-6-12/h2-9,22H,11H2,1H3,(H,21,23)/b14-7+. The van der Waals surface area contributed by atoms with Gasteiger partial charge in [0.05, 0.1) is 11.6 Å². The van der Waals surface area contributed by atoms with E-state index in [4.69, 9.17) is 4.74 Å². The van der Waals surface area contributed by atoms with Gasteiger partial charge in [0.25, 0.3) is 5.91 Å². The molecule has 5 nitrogen and oxygen atoms in total. The van der Waals surface area contributed by atoms with Crippen LogP contribution in [0.25, 0.3) is 6.08 Å². The van der Waals surface area contributed by atoms with E-state index in [1.165, 1.54) is 13.2 Å². The van der Waals surface area contributed by atoms with Crippen LogP contribution in [0.5, 0.6) is 11.5 Å². The first-order valence-corrected chi connectivity index (χ1v) is 7.85. The van der Waals surface area contributed by atoms with E-state index in [0.717, 1.165) is 5.56 Å². The van der Waals surface area contributed by atoms with Gasteiger partial charge in [-0.25, -0.2) is 0 Å². The molecule has 0 radical (unpaired) electrons. The summed E-state index contributed by atoms with van der Waals surface area (Å²) in [5.41, 5.74) is 1.46. The summed E-state index contributed by atoms with van der Waals surface area (Å²) in [6, 6.07) is 14.4. The van der Waals surface area contributed by atoms with Gasteiger partial charge in [-0.2, -0.15) is 5.26 Å². The number of halogens is 1. The number of carbonyl (C=O) groups is 1. The van der Waals surface area contributed by atoms with Crippen LogP contribution in [0.1, 0.15) is 11.1 Å². The van der Waals surface area contributed by atoms with E-state index >= 15 is 0 Å². The van der Waals surface area contributed by atoms with E-state index in [9.17, 15) is 15.2 Å². The fourth-order valence-electron chi connectivity index (χ4n) is 2.02. The summed E-state index contributed by atoms with van der Waals surface area (Å²) in [6.45, 7) is 0.335. The summed E-state index contributed by atoms with van der Waals surface area (Å²) in [7, 11) is 1.42. The number of phenolic OH excluding ortho intramolecular Hbond substituents is 1. The quantitative estimate of drug-likeness (QED) is 0.609. The Bertz CT molecular complexity index is 811. The van der Waals surface area contributed by atoms with Crippen LogP contribution in [-0.4, -0.2) is 18.1 Å². The summed E-state index contributed by atoms with van der Waals surface area (Å²) in [5.74, 6) is -0.260. The molecule has 0 saturated heterocycles. The Morgan fingerprint density at radius 3 is 2.71 bits per heavy atom. The number of benzene rings is 2. The van der Waals surface area contributed by atoms with Crippen molar-refractivity contribution in [2.75, 3.05) is 7.11 Å². The number of carbonyl (C=O) groups excluding carboxylic acids is 1. The summed E-state index contributed by atoms with van der Waals surface area (Å²) >= 11 is 3.21. The van der Waals surface area contributed by atoms with E-state index in [1.54, 1.807) is 12.1 Å². The van der Waals surface area contributed by atoms with Crippen molar-refractivity contribution >= 4 is 27.9 Å². The van der Waals surface area contributed by atoms with E-state index in [0.29, 0.717) is 16.6 Å². The maximum atomic E-state index is 12.2. The number of hydrogen-bond acceptors (Lipinski definition) is 4. The predicted octanol–water partition coefficient (Wildman–Crippen LogP) is 3.39. The van der Waals surface area contributed by atoms with Crippen molar-refractivity contribution in [3.8, 4) is 17.6 Å². The molecule has 1 amide bonds. The van der Waals surface area contributed by atoms with E-state index < -0.39 is 5.91 Å². The minimum absolute atomic E-state index is 0.0365. The number of methoxy groups -OCH3 is 1. The highest BCUT2D eigenvalue weighted by atomic mass is 79.9. The lowest BCUT2D eigenvalue weighted by atomic mass is 10.1. The van der Waals surface area contributed by atoms with Crippen molar-refractivity contribution in [1.82, 2.24) is 5.32 Å². The molecule has 2 aromatic rings. The van der Waals surface area contributed by atoms with Gasteiger partial charge in [-0.3, -0.25) is 4.79 Å². The van der Waals surface area contributed by atoms with Crippen molar-refractivity contribution in [3.63, 3.8) is 0 Å². The topological polar surface area (TPSA) is 82.3 Å². The van der Waals surface area contributed by atoms with Gasteiger partial charge in [0, 0.05) is 6.54 Å². The Morgan fingerprint density at radius 1 is 1.38 bits per heavy atom. The molecule has 0 aliphatic rings. The van der Waals surface area contributed by atoms with Crippen molar-refractivity contribution in [2.24, 2.45) is 0 Å². The number of aromatic hydroxyl groups is 1. The Morgan fingerprint density at radius 2 is 2.08 bits per heavy atom. The first-order valence-electron chi connectivity index (χ1n) is 7.05. The number of hydrogen-bond donors (Lipinski definition) is 2. The van der Waals surface area contributed by atoms with E-state index in [2.05, 4.69) is 21.2 Å². The summed E-state index contributed by atoms with van der Waals surface area (Å²) in [4.78, 5) is 12.2. The van der Waals surface area contributed by atoms with Gasteiger partial charge < -0.3 is 15.2 Å². The Balaban J connectivity index is 2.18. The molecule has 0 atom stereocenters. The van der Waals surface area contributed by atoms with Crippen molar-refractivity contribution in [1.29, 1.82) is 5.26 Å². The van der Waals surface area contributed by atoms with Gasteiger partial charge in [-0.05, 0) is 45.3 Å². The highest BCUT2D eigenvalue weighted by Crippen LogP contribution is 2.35. The van der Waals surface area contributed by atoms with Gasteiger partial charge in [0.2, 0.25) is 0 Å². The molecular formula is C18H15BrN2O3. The molecule has 0 heterocycles. The average molecular weight is 387 g/mol. The fraction of sp³-hybridized carbons (Fsp3) is 0.111. The van der Waals surface area contributed by atoms with Crippen LogP contribution in [0.3, 0.4) is 0 Å². The molecular weight excluding hydrogens is 372 g/mol. The fourth-order valence-corrected chi connectivity index (χ4v) is 2.48. The number of phenols is 1. The number of nitrogens with zero attached hydrogens (tertiary/aromatic N) is 1. The third-order valence-corrected chi connectivity index (χ3v) is 3.85. The number of rotatable bonds is 5. The van der Waals surface area contributed by atoms with Crippen molar-refractivity contribution < 1.29 is 14.6 Å². The largest absolute Gasteiger partial charge is 0.503 e. The number of amides is 1. The van der Waals surface area contributed by atoms with E-state index in [-0.39, 0.29) is 17.1 Å². The zero-order valence-electron chi connectivity index (χ0n) is 12.9. The summed E-state index contributed by atoms with van der Waals surface area (Å²) < 4.78 is 5.47. The molecule has 0 spiro atoms. The lowest BCUT2D eigenvalue weighted by Crippen LogP contribution is -2.23. The molecule has 24 heavy (non-hydrogen) atoms. The lowest BCUT2D eigenvalue weighted by molar-refractivity contribution is -0.117. The second-order valence-electron chi connectivity index (χ2n) is 4.89. The van der Waals surface area contributed by atoms with E-state index in [1.807, 2.05) is 36.4 Å². The SMILES string of the molecule is COc1cc(/C=C(\C#N)C(=O)NCc2ccccc2)cc(Br)c1O. The number of ether oxygens (including phenoxy) is 1. The second kappa shape index (κ2) is 8.18. The zero-order chi connectivity index (χ0) is 17.5. The molecule has 2 aromatic carbocycles. The Labute approximate surface area is 148 Å². The van der Waals surface area contributed by atoms with Crippen LogP contribution < -0.4 is 10.1 Å². The molecule has 0 unspecified atom stereocenters. The molecule has 0 bridgehead atoms. The maximum absolute atomic E-state index is 12.2. The Hall–Kier alpha value is -2.78. The molecule has 0 aliphatic heterocycles. The van der Waals surface area contributed by atoms with Crippen LogP contribution >= 0.6 is 15.9 Å². The van der Waals surface area contributed by atoms with Crippen LogP contribution in [0, 0.1) is 11.3 Å². The number of nitrogens with one attached hydrogen (secondary N) is 1. The smallest absolute Gasteiger partial charge is 0.262 e. The molecule has 2 rings (SSSR count). The van der Waals surface area contributed by atoms with Gasteiger partial charge in [-0.15, -0.1) is 0 Å². The van der Waals surface area contributed by atoms with Gasteiger partial charge in [-0.1, -0.05) is 30.3 Å². The van der Waals surface area contributed by atoms with Crippen LogP contribution in [0.15, 0.2) is 52.5 Å². The second-order valence-corrected chi connectivity index (χ2v) is 5.75. The van der Waals surface area contributed by atoms with Gasteiger partial charge in [0.1, 0.15) is 11.6 Å². The molecule has 0 aromatic heterocycles. The minimum atomic E-state index is -0.468. The third-order valence-electron chi connectivity index (χ3n) is 3.24. The van der Waals surface area contributed by atoms with Crippen LogP contribution in [-0.2, 0) is 11.3 Å². The maximum Gasteiger partial charge on any atom is 0.262 e. The normalized spacial score (nSPS) is 10.8. The molecule has 6 heteroatoms. The molecule has 122 valence electrons. The zero-order valence-corrected chi connectivity index (χ0v) is 14.5. The molecule has 0 saturated carbocycles. The number of nitriles is 1. The molecule has 2 N–H and O–H groups in total. The van der Waals surface area contributed by atoms with Gasteiger partial charge in [0.15, 0.2) is 11.5 Å². The minimum Gasteiger partial charge on any atom is -0.503 e. The summed E-state index contributed by atoms with van der Waals surface area (Å²) in [5, 5.41) is 21.7.